The second-order valence-corrected chi connectivity index (χ2v) is 7.39. The molecule has 29 heavy (non-hydrogen) atoms. The first kappa shape index (κ1) is 20.9. The van der Waals surface area contributed by atoms with Crippen molar-refractivity contribution in [3.05, 3.63) is 64.0 Å². The highest BCUT2D eigenvalue weighted by molar-refractivity contribution is 9.10. The van der Waals surface area contributed by atoms with E-state index in [2.05, 4.69) is 21.2 Å². The van der Waals surface area contributed by atoms with Crippen molar-refractivity contribution in [2.75, 3.05) is 26.6 Å². The molecule has 0 saturated carbocycles. The Labute approximate surface area is 176 Å². The van der Waals surface area contributed by atoms with Crippen molar-refractivity contribution in [2.24, 2.45) is 0 Å². The summed E-state index contributed by atoms with van der Waals surface area (Å²) in [6.45, 7) is 0. The van der Waals surface area contributed by atoms with Crippen LogP contribution >= 0.6 is 15.9 Å². The summed E-state index contributed by atoms with van der Waals surface area (Å²) >= 11 is 3.42. The van der Waals surface area contributed by atoms with Gasteiger partial charge in [-0.2, -0.15) is 0 Å². The largest absolute Gasteiger partial charge is 0.493 e. The van der Waals surface area contributed by atoms with E-state index in [1.807, 2.05) is 0 Å². The molecule has 2 aromatic rings. The van der Waals surface area contributed by atoms with Crippen LogP contribution in [0.15, 0.2) is 52.6 Å². The number of halogens is 2. The topological polar surface area (TPSA) is 67.9 Å². The van der Waals surface area contributed by atoms with Crippen LogP contribution < -0.4 is 14.8 Å². The highest BCUT2D eigenvalue weighted by Gasteiger charge is 2.31. The molecule has 0 unspecified atom stereocenters. The molecular formula is C21H20BrFN2O4. The molecule has 6 nitrogen and oxygen atoms in total. The normalized spacial score (nSPS) is 16.3. The number of methoxy groups -OCH3 is 2. The van der Waals surface area contributed by atoms with Crippen LogP contribution in [0.4, 0.5) is 10.1 Å². The number of amides is 2. The fourth-order valence-electron chi connectivity index (χ4n) is 3.15. The van der Waals surface area contributed by atoms with Crippen molar-refractivity contribution < 1.29 is 23.5 Å². The summed E-state index contributed by atoms with van der Waals surface area (Å²) in [6, 6.07) is 9.15. The van der Waals surface area contributed by atoms with E-state index in [0.29, 0.717) is 32.8 Å². The SMILES string of the molecule is COc1cc(Br)c(NC(=O)C2=CN(C)C(=O)C[C@@H]2c2ccc(F)cc2)cc1OC. The first-order chi connectivity index (χ1) is 13.8. The third-order valence-corrected chi connectivity index (χ3v) is 5.39. The lowest BCUT2D eigenvalue weighted by atomic mass is 9.85. The van der Waals surface area contributed by atoms with Gasteiger partial charge in [0.15, 0.2) is 11.5 Å². The summed E-state index contributed by atoms with van der Waals surface area (Å²) in [7, 11) is 4.63. The van der Waals surface area contributed by atoms with Crippen molar-refractivity contribution in [2.45, 2.75) is 12.3 Å². The van der Waals surface area contributed by atoms with Gasteiger partial charge < -0.3 is 19.7 Å². The van der Waals surface area contributed by atoms with Gasteiger partial charge in [-0.1, -0.05) is 12.1 Å². The van der Waals surface area contributed by atoms with E-state index < -0.39 is 5.92 Å². The zero-order valence-electron chi connectivity index (χ0n) is 16.2. The average molecular weight is 463 g/mol. The molecule has 0 bridgehead atoms. The maximum absolute atomic E-state index is 13.3. The molecule has 0 saturated heterocycles. The van der Waals surface area contributed by atoms with Crippen LogP contribution in [-0.2, 0) is 9.59 Å². The highest BCUT2D eigenvalue weighted by Crippen LogP contribution is 2.38. The third kappa shape index (κ3) is 4.42. The first-order valence-electron chi connectivity index (χ1n) is 8.79. The Morgan fingerprint density at radius 3 is 2.41 bits per heavy atom. The minimum atomic E-state index is -0.474. The molecule has 8 heteroatoms. The zero-order chi connectivity index (χ0) is 21.1. The summed E-state index contributed by atoms with van der Waals surface area (Å²) < 4.78 is 24.5. The summed E-state index contributed by atoms with van der Waals surface area (Å²) in [6.07, 6.45) is 1.64. The summed E-state index contributed by atoms with van der Waals surface area (Å²) in [5.41, 5.74) is 1.59. The predicted molar refractivity (Wildman–Crippen MR) is 110 cm³/mol. The Morgan fingerprint density at radius 2 is 1.79 bits per heavy atom. The summed E-state index contributed by atoms with van der Waals surface area (Å²) in [4.78, 5) is 26.7. The Bertz CT molecular complexity index is 975. The van der Waals surface area contributed by atoms with Gasteiger partial charge in [0.1, 0.15) is 5.82 Å². The van der Waals surface area contributed by atoms with Gasteiger partial charge in [0, 0.05) is 47.8 Å². The highest BCUT2D eigenvalue weighted by atomic mass is 79.9. The Hall–Kier alpha value is -2.87. The van der Waals surface area contributed by atoms with Crippen molar-refractivity contribution in [1.82, 2.24) is 4.90 Å². The Morgan fingerprint density at radius 1 is 1.17 bits per heavy atom. The van der Waals surface area contributed by atoms with Crippen molar-refractivity contribution in [3.63, 3.8) is 0 Å². The van der Waals surface area contributed by atoms with Crippen molar-refractivity contribution in [1.29, 1.82) is 0 Å². The van der Waals surface area contributed by atoms with Crippen LogP contribution in [0, 0.1) is 5.82 Å². The van der Waals surface area contributed by atoms with Gasteiger partial charge >= 0.3 is 0 Å². The van der Waals surface area contributed by atoms with E-state index in [9.17, 15) is 14.0 Å². The third-order valence-electron chi connectivity index (χ3n) is 4.74. The van der Waals surface area contributed by atoms with E-state index in [-0.39, 0.29) is 24.1 Å². The first-order valence-corrected chi connectivity index (χ1v) is 9.59. The molecular weight excluding hydrogens is 443 g/mol. The lowest BCUT2D eigenvalue weighted by Gasteiger charge is -2.28. The summed E-state index contributed by atoms with van der Waals surface area (Å²) in [5, 5.41) is 2.85. The van der Waals surface area contributed by atoms with E-state index >= 15 is 0 Å². The van der Waals surface area contributed by atoms with Gasteiger partial charge in [-0.3, -0.25) is 9.59 Å². The summed E-state index contributed by atoms with van der Waals surface area (Å²) in [5.74, 6) is -0.361. The van der Waals surface area contributed by atoms with Gasteiger partial charge in [0.25, 0.3) is 5.91 Å². The molecule has 1 aliphatic rings. The number of carbonyl (C=O) groups excluding carboxylic acids is 2. The molecule has 0 fully saturated rings. The van der Waals surface area contributed by atoms with E-state index in [1.165, 1.54) is 37.5 Å². The predicted octanol–water partition coefficient (Wildman–Crippen LogP) is 4.07. The molecule has 2 amide bonds. The van der Waals surface area contributed by atoms with Gasteiger partial charge in [-0.15, -0.1) is 0 Å². The van der Waals surface area contributed by atoms with Gasteiger partial charge in [-0.25, -0.2) is 4.39 Å². The van der Waals surface area contributed by atoms with Crippen LogP contribution in [-0.4, -0.2) is 38.0 Å². The Kier molecular flexibility index (Phi) is 6.22. The molecule has 1 N–H and O–H groups in total. The van der Waals surface area contributed by atoms with Gasteiger partial charge in [0.05, 0.1) is 19.9 Å². The van der Waals surface area contributed by atoms with Crippen LogP contribution in [0.2, 0.25) is 0 Å². The lowest BCUT2D eigenvalue weighted by molar-refractivity contribution is -0.128. The Balaban J connectivity index is 1.94. The number of carbonyl (C=O) groups is 2. The van der Waals surface area contributed by atoms with Gasteiger partial charge in [-0.05, 0) is 33.6 Å². The van der Waals surface area contributed by atoms with Crippen LogP contribution in [0.3, 0.4) is 0 Å². The number of nitrogens with one attached hydrogen (secondary N) is 1. The smallest absolute Gasteiger partial charge is 0.253 e. The maximum Gasteiger partial charge on any atom is 0.253 e. The maximum atomic E-state index is 13.3. The van der Waals surface area contributed by atoms with E-state index in [1.54, 1.807) is 31.3 Å². The molecule has 0 aliphatic carbocycles. The molecule has 152 valence electrons. The molecule has 1 aliphatic heterocycles. The fraction of sp³-hybridized carbons (Fsp3) is 0.238. The number of nitrogens with zero attached hydrogens (tertiary/aromatic N) is 1. The molecule has 0 aromatic heterocycles. The number of anilines is 1. The molecule has 0 radical (unpaired) electrons. The molecule has 3 rings (SSSR count). The minimum absolute atomic E-state index is 0.120. The standard InChI is InChI=1S/C21H20BrFN2O4/c1-25-11-15(14(8-20(25)26)12-4-6-13(23)7-5-12)21(27)24-17-10-19(29-3)18(28-2)9-16(17)22/h4-7,9-11,14H,8H2,1-3H3,(H,24,27)/t14-/m1/s1. The number of benzene rings is 2. The quantitative estimate of drug-likeness (QED) is 0.726. The van der Waals surface area contributed by atoms with Gasteiger partial charge in [0.2, 0.25) is 5.91 Å². The molecule has 0 spiro atoms. The van der Waals surface area contributed by atoms with Crippen LogP contribution in [0.5, 0.6) is 11.5 Å². The molecule has 1 atom stereocenters. The van der Waals surface area contributed by atoms with Crippen molar-refractivity contribution >= 4 is 33.4 Å². The minimum Gasteiger partial charge on any atom is -0.493 e. The van der Waals surface area contributed by atoms with Crippen LogP contribution in [0.1, 0.15) is 17.9 Å². The monoisotopic (exact) mass is 462 g/mol. The molecule has 1 heterocycles. The number of rotatable bonds is 5. The lowest BCUT2D eigenvalue weighted by Crippen LogP contribution is -2.33. The molecule has 2 aromatic carbocycles. The van der Waals surface area contributed by atoms with E-state index in [0.717, 1.165) is 0 Å². The number of hydrogen-bond donors (Lipinski definition) is 1. The number of hydrogen-bond acceptors (Lipinski definition) is 4. The average Bonchev–Trinajstić information content (AvgIpc) is 2.71. The number of ether oxygens (including phenoxy) is 2. The second-order valence-electron chi connectivity index (χ2n) is 6.54. The van der Waals surface area contributed by atoms with Crippen LogP contribution in [0.25, 0.3) is 0 Å². The van der Waals surface area contributed by atoms with E-state index in [4.69, 9.17) is 9.47 Å². The van der Waals surface area contributed by atoms with Crippen molar-refractivity contribution in [3.8, 4) is 11.5 Å². The second kappa shape index (κ2) is 8.65. The zero-order valence-corrected chi connectivity index (χ0v) is 17.7. The fourth-order valence-corrected chi connectivity index (χ4v) is 3.57.